The van der Waals surface area contributed by atoms with Crippen molar-refractivity contribution in [2.75, 3.05) is 0 Å². The summed E-state index contributed by atoms with van der Waals surface area (Å²) < 4.78 is 6.51. The Labute approximate surface area is 138 Å². The Kier molecular flexibility index (Phi) is 4.95. The molecule has 1 atom stereocenters. The van der Waals surface area contributed by atoms with Crippen LogP contribution in [0.3, 0.4) is 0 Å². The highest BCUT2D eigenvalue weighted by molar-refractivity contribution is 7.13. The van der Waals surface area contributed by atoms with Crippen LogP contribution in [0.5, 0.6) is 0 Å². The Morgan fingerprint density at radius 1 is 1.52 bits per heavy atom. The topological polar surface area (TPSA) is 77.1 Å². The van der Waals surface area contributed by atoms with Crippen molar-refractivity contribution in [3.05, 3.63) is 28.1 Å². The van der Waals surface area contributed by atoms with Crippen LogP contribution in [-0.4, -0.2) is 21.7 Å². The fraction of sp³-hybridized carbons (Fsp3) is 0.562. The van der Waals surface area contributed by atoms with Crippen molar-refractivity contribution in [3.8, 4) is 10.8 Å². The molecule has 1 saturated carbocycles. The van der Waals surface area contributed by atoms with E-state index in [9.17, 15) is 9.59 Å². The Morgan fingerprint density at radius 2 is 2.30 bits per heavy atom. The molecule has 0 unspecified atom stereocenters. The average molecular weight is 335 g/mol. The lowest BCUT2D eigenvalue weighted by molar-refractivity contribution is -0.125. The highest BCUT2D eigenvalue weighted by Crippen LogP contribution is 2.25. The maximum Gasteiger partial charge on any atom is 0.437 e. The molecule has 0 radical (unpaired) electrons. The Balaban J connectivity index is 1.67. The first-order valence-electron chi connectivity index (χ1n) is 8.09. The first-order valence-corrected chi connectivity index (χ1v) is 8.97. The predicted octanol–water partition coefficient (Wildman–Crippen LogP) is 2.65. The molecular formula is C16H21N3O3S. The number of rotatable bonds is 6. The number of hydrogen-bond acceptors (Lipinski definition) is 5. The van der Waals surface area contributed by atoms with E-state index in [0.717, 1.165) is 37.0 Å². The van der Waals surface area contributed by atoms with Crippen molar-refractivity contribution in [2.45, 2.75) is 51.6 Å². The van der Waals surface area contributed by atoms with Gasteiger partial charge in [-0.1, -0.05) is 25.8 Å². The molecule has 7 heteroatoms. The van der Waals surface area contributed by atoms with Crippen LogP contribution in [0.4, 0.5) is 0 Å². The van der Waals surface area contributed by atoms with E-state index >= 15 is 0 Å². The number of carbonyl (C=O) groups excluding carboxylic acids is 1. The summed E-state index contributed by atoms with van der Waals surface area (Å²) in [6.45, 7) is 2.33. The summed E-state index contributed by atoms with van der Waals surface area (Å²) in [7, 11) is 0. The molecule has 124 valence electrons. The van der Waals surface area contributed by atoms with Crippen molar-refractivity contribution in [2.24, 2.45) is 5.92 Å². The number of nitrogens with zero attached hydrogens (tertiary/aromatic N) is 2. The fourth-order valence-corrected chi connectivity index (χ4v) is 3.56. The highest BCUT2D eigenvalue weighted by Gasteiger charge is 2.25. The van der Waals surface area contributed by atoms with Crippen LogP contribution in [-0.2, 0) is 11.3 Å². The Hall–Kier alpha value is -1.89. The normalized spacial score (nSPS) is 16.6. The maximum absolute atomic E-state index is 12.2. The number of nitrogens with one attached hydrogen (secondary N) is 1. The van der Waals surface area contributed by atoms with Crippen LogP contribution in [0, 0.1) is 5.92 Å². The van der Waals surface area contributed by atoms with Gasteiger partial charge in [0.1, 0.15) is 0 Å². The second-order valence-electron chi connectivity index (χ2n) is 5.93. The summed E-state index contributed by atoms with van der Waals surface area (Å²) in [5, 5.41) is 9.20. The fourth-order valence-electron chi connectivity index (χ4n) is 2.91. The van der Waals surface area contributed by atoms with Gasteiger partial charge in [0.25, 0.3) is 5.89 Å². The largest absolute Gasteiger partial charge is 0.437 e. The van der Waals surface area contributed by atoms with E-state index < -0.39 is 5.76 Å². The molecule has 0 saturated heterocycles. The molecule has 0 spiro atoms. The second kappa shape index (κ2) is 7.12. The van der Waals surface area contributed by atoms with Gasteiger partial charge in [0.05, 0.1) is 11.4 Å². The Bertz CT molecular complexity index is 698. The lowest BCUT2D eigenvalue weighted by atomic mass is 10.1. The van der Waals surface area contributed by atoms with Crippen LogP contribution in [0.2, 0.25) is 0 Å². The van der Waals surface area contributed by atoms with E-state index in [1.807, 2.05) is 24.4 Å². The highest BCUT2D eigenvalue weighted by atomic mass is 32.1. The minimum absolute atomic E-state index is 0.101. The number of hydrogen-bond donors (Lipinski definition) is 1. The van der Waals surface area contributed by atoms with Gasteiger partial charge in [0, 0.05) is 12.0 Å². The number of carbonyl (C=O) groups is 1. The van der Waals surface area contributed by atoms with Gasteiger partial charge in [0.2, 0.25) is 5.91 Å². The second-order valence-corrected chi connectivity index (χ2v) is 6.88. The Morgan fingerprint density at radius 3 is 2.96 bits per heavy atom. The monoisotopic (exact) mass is 335 g/mol. The quantitative estimate of drug-likeness (QED) is 0.880. The van der Waals surface area contributed by atoms with Gasteiger partial charge in [0.15, 0.2) is 0 Å². The van der Waals surface area contributed by atoms with Gasteiger partial charge < -0.3 is 9.73 Å². The number of thiophene rings is 1. The van der Waals surface area contributed by atoms with Gasteiger partial charge in [-0.3, -0.25) is 4.79 Å². The van der Waals surface area contributed by atoms with E-state index in [-0.39, 0.29) is 17.9 Å². The summed E-state index contributed by atoms with van der Waals surface area (Å²) in [5.41, 5.74) is 0. The predicted molar refractivity (Wildman–Crippen MR) is 88.3 cm³/mol. The molecule has 3 rings (SSSR count). The van der Waals surface area contributed by atoms with E-state index in [1.165, 1.54) is 16.0 Å². The first kappa shape index (κ1) is 16.0. The zero-order valence-electron chi connectivity index (χ0n) is 13.2. The molecule has 0 aromatic carbocycles. The van der Waals surface area contributed by atoms with Crippen molar-refractivity contribution in [1.82, 2.24) is 15.1 Å². The van der Waals surface area contributed by atoms with Crippen molar-refractivity contribution in [3.63, 3.8) is 0 Å². The van der Waals surface area contributed by atoms with Crippen molar-refractivity contribution < 1.29 is 9.21 Å². The lowest BCUT2D eigenvalue weighted by Crippen LogP contribution is -2.41. The molecular weight excluding hydrogens is 314 g/mol. The minimum Gasteiger partial charge on any atom is -0.387 e. The van der Waals surface area contributed by atoms with Gasteiger partial charge in [-0.15, -0.1) is 16.4 Å². The zero-order chi connectivity index (χ0) is 16.2. The number of amides is 1. The van der Waals surface area contributed by atoms with Gasteiger partial charge in [-0.25, -0.2) is 4.79 Å². The molecule has 23 heavy (non-hydrogen) atoms. The molecule has 1 aliphatic rings. The van der Waals surface area contributed by atoms with Crippen LogP contribution in [0.1, 0.15) is 39.0 Å². The molecule has 0 bridgehead atoms. The summed E-state index contributed by atoms with van der Waals surface area (Å²) >= 11 is 1.47. The average Bonchev–Trinajstić information content (AvgIpc) is 3.29. The van der Waals surface area contributed by atoms with Crippen LogP contribution >= 0.6 is 11.3 Å². The van der Waals surface area contributed by atoms with Crippen LogP contribution in [0.25, 0.3) is 10.8 Å². The molecule has 1 N–H and O–H groups in total. The van der Waals surface area contributed by atoms with Crippen LogP contribution in [0.15, 0.2) is 26.7 Å². The minimum atomic E-state index is -0.484. The standard InChI is InChI=1S/C16H21N3O3S/c1-2-12(17-14(20)11-6-3-4-7-11)10-19-16(21)22-15(18-19)13-8-5-9-23-13/h5,8-9,11-12H,2-4,6-7,10H2,1H3,(H,17,20)/t12-/m0/s1. The van der Waals surface area contributed by atoms with E-state index in [2.05, 4.69) is 10.4 Å². The molecule has 1 fully saturated rings. The van der Waals surface area contributed by atoms with E-state index in [1.54, 1.807) is 0 Å². The lowest BCUT2D eigenvalue weighted by Gasteiger charge is -2.18. The SMILES string of the molecule is CC[C@@H](Cn1nc(-c2cccs2)oc1=O)NC(=O)C1CCCC1. The van der Waals surface area contributed by atoms with Crippen molar-refractivity contribution in [1.29, 1.82) is 0 Å². The molecule has 2 aromatic rings. The third-order valence-corrected chi connectivity index (χ3v) is 5.15. The smallest absolute Gasteiger partial charge is 0.387 e. The van der Waals surface area contributed by atoms with Gasteiger partial charge in [-0.2, -0.15) is 4.68 Å². The molecule has 2 aromatic heterocycles. The molecule has 1 amide bonds. The third kappa shape index (κ3) is 3.72. The molecule has 6 nitrogen and oxygen atoms in total. The summed E-state index contributed by atoms with van der Waals surface area (Å²) in [5.74, 6) is 0.0769. The molecule has 1 aliphatic carbocycles. The van der Waals surface area contributed by atoms with E-state index in [0.29, 0.717) is 12.4 Å². The summed E-state index contributed by atoms with van der Waals surface area (Å²) in [4.78, 5) is 25.0. The van der Waals surface area contributed by atoms with Gasteiger partial charge >= 0.3 is 5.76 Å². The molecule has 0 aliphatic heterocycles. The summed E-state index contributed by atoms with van der Waals surface area (Å²) in [6.07, 6.45) is 4.93. The maximum atomic E-state index is 12.2. The van der Waals surface area contributed by atoms with Gasteiger partial charge in [-0.05, 0) is 30.7 Å². The number of aromatic nitrogens is 2. The third-order valence-electron chi connectivity index (χ3n) is 4.30. The first-order chi connectivity index (χ1) is 11.2. The van der Waals surface area contributed by atoms with Crippen LogP contribution < -0.4 is 11.1 Å². The summed E-state index contributed by atoms with van der Waals surface area (Å²) in [6, 6.07) is 3.64. The zero-order valence-corrected chi connectivity index (χ0v) is 14.0. The van der Waals surface area contributed by atoms with Crippen molar-refractivity contribution >= 4 is 17.2 Å². The molecule has 2 heterocycles. The van der Waals surface area contributed by atoms with E-state index in [4.69, 9.17) is 4.42 Å².